The van der Waals surface area contributed by atoms with Gasteiger partial charge in [-0.1, -0.05) is 61.2 Å². The number of imide groups is 2. The standard InChI is InChI=1S/C44H56N8O10S/c53-37(45-29-34-30-50(49-47-34)26-12-5-11-19-43(59)62-52-40(56)24-25-41(52)57)16-10-4-13-27-51-42(58)28-36(44(51)60)63-35-22-20-32(21-23-35)31-61-48-39(55)18-9-2-1-8-17-38(54)46-33-14-6-3-7-15-33/h3,6-7,14-15,20-23,30,36H,1-2,4-5,8-13,16-19,24-29,31H2,(H,45,53)(H,46,54)(H,48,55). The number of benzene rings is 2. The number of anilines is 1. The number of aryl methyl sites for hydroxylation is 1. The molecule has 3 N–H and O–H groups in total. The molecule has 1 unspecified atom stereocenters. The van der Waals surface area contributed by atoms with E-state index in [0.717, 1.165) is 41.8 Å². The number of amides is 7. The van der Waals surface area contributed by atoms with Crippen LogP contribution in [0.4, 0.5) is 5.69 Å². The molecule has 3 heterocycles. The third-order valence-electron chi connectivity index (χ3n) is 10.2. The molecule has 0 aliphatic carbocycles. The summed E-state index contributed by atoms with van der Waals surface area (Å²) in [5, 5.41) is 13.9. The zero-order valence-corrected chi connectivity index (χ0v) is 36.2. The van der Waals surface area contributed by atoms with Crippen molar-refractivity contribution in [1.82, 2.24) is 35.8 Å². The van der Waals surface area contributed by atoms with Crippen LogP contribution in [0, 0.1) is 0 Å². The molecule has 1 atom stereocenters. The molecule has 2 aliphatic heterocycles. The van der Waals surface area contributed by atoms with Crippen molar-refractivity contribution < 1.29 is 48.0 Å². The molecule has 2 fully saturated rings. The summed E-state index contributed by atoms with van der Waals surface area (Å²) in [4.78, 5) is 110. The number of thioether (sulfide) groups is 1. The number of nitrogens with one attached hydrogen (secondary N) is 3. The maximum atomic E-state index is 13.1. The minimum Gasteiger partial charge on any atom is -0.350 e. The molecule has 0 radical (unpaired) electrons. The Balaban J connectivity index is 0.849. The predicted molar refractivity (Wildman–Crippen MR) is 229 cm³/mol. The van der Waals surface area contributed by atoms with Gasteiger partial charge in [-0.05, 0) is 68.4 Å². The number of unbranched alkanes of at least 4 members (excludes halogenated alkanes) is 7. The van der Waals surface area contributed by atoms with Crippen LogP contribution in [0.3, 0.4) is 0 Å². The number of hydrogen-bond donors (Lipinski definition) is 3. The van der Waals surface area contributed by atoms with E-state index in [1.807, 2.05) is 54.6 Å². The van der Waals surface area contributed by atoms with Gasteiger partial charge in [-0.3, -0.25) is 48.0 Å². The largest absolute Gasteiger partial charge is 0.350 e. The lowest BCUT2D eigenvalue weighted by Crippen LogP contribution is -2.32. The number of nitrogens with zero attached hydrogens (tertiary/aromatic N) is 5. The SMILES string of the molecule is O=C(CCCCCN1C(=O)CC(Sc2ccc(CONC(=O)CCCCCCC(=O)Nc3ccccc3)cc2)C1=O)NCc1cn(CCCCCC(=O)ON2C(=O)CCC2=O)nn1. The fourth-order valence-electron chi connectivity index (χ4n) is 6.79. The summed E-state index contributed by atoms with van der Waals surface area (Å²) >= 11 is 1.34. The fourth-order valence-corrected chi connectivity index (χ4v) is 7.87. The van der Waals surface area contributed by atoms with Crippen LogP contribution in [-0.2, 0) is 67.7 Å². The average molecular weight is 889 g/mol. The van der Waals surface area contributed by atoms with Gasteiger partial charge in [0.2, 0.25) is 29.5 Å². The van der Waals surface area contributed by atoms with Gasteiger partial charge in [0.25, 0.3) is 11.8 Å². The van der Waals surface area contributed by atoms with Gasteiger partial charge in [-0.25, -0.2) is 10.3 Å². The highest BCUT2D eigenvalue weighted by atomic mass is 32.2. The second kappa shape index (κ2) is 25.9. The summed E-state index contributed by atoms with van der Waals surface area (Å²) in [5.41, 5.74) is 4.70. The van der Waals surface area contributed by atoms with E-state index in [2.05, 4.69) is 26.4 Å². The highest BCUT2D eigenvalue weighted by molar-refractivity contribution is 8.00. The lowest BCUT2D eigenvalue weighted by molar-refractivity contribution is -0.197. The van der Waals surface area contributed by atoms with Gasteiger partial charge in [-0.2, -0.15) is 0 Å². The number of para-hydroxylation sites is 1. The molecule has 0 spiro atoms. The van der Waals surface area contributed by atoms with Crippen molar-refractivity contribution in [3.8, 4) is 0 Å². The maximum Gasteiger partial charge on any atom is 0.333 e. The number of rotatable bonds is 28. The van der Waals surface area contributed by atoms with Crippen molar-refractivity contribution in [2.45, 2.75) is 139 Å². The van der Waals surface area contributed by atoms with E-state index in [-0.39, 0.29) is 68.4 Å². The molecule has 19 heteroatoms. The lowest BCUT2D eigenvalue weighted by atomic mass is 10.1. The van der Waals surface area contributed by atoms with Crippen molar-refractivity contribution in [1.29, 1.82) is 0 Å². The van der Waals surface area contributed by atoms with Crippen LogP contribution >= 0.6 is 11.8 Å². The third-order valence-corrected chi connectivity index (χ3v) is 11.4. The Kier molecular flexibility index (Phi) is 19.7. The van der Waals surface area contributed by atoms with E-state index in [0.29, 0.717) is 81.6 Å². The molecule has 7 amide bonds. The van der Waals surface area contributed by atoms with Gasteiger partial charge in [0.15, 0.2) is 0 Å². The van der Waals surface area contributed by atoms with E-state index in [9.17, 15) is 38.4 Å². The number of aromatic nitrogens is 3. The molecule has 63 heavy (non-hydrogen) atoms. The van der Waals surface area contributed by atoms with E-state index in [1.165, 1.54) is 16.7 Å². The van der Waals surface area contributed by atoms with E-state index >= 15 is 0 Å². The number of carbonyl (C=O) groups excluding carboxylic acids is 8. The monoisotopic (exact) mass is 888 g/mol. The summed E-state index contributed by atoms with van der Waals surface area (Å²) < 4.78 is 1.66. The second-order valence-electron chi connectivity index (χ2n) is 15.4. The summed E-state index contributed by atoms with van der Waals surface area (Å²) in [5.74, 6) is -2.40. The molecule has 338 valence electrons. The average Bonchev–Trinajstić information content (AvgIpc) is 3.94. The summed E-state index contributed by atoms with van der Waals surface area (Å²) in [6.45, 7) is 1.28. The molecule has 2 saturated heterocycles. The van der Waals surface area contributed by atoms with Crippen molar-refractivity contribution in [3.63, 3.8) is 0 Å². The smallest absolute Gasteiger partial charge is 0.333 e. The minimum absolute atomic E-state index is 0.0179. The van der Waals surface area contributed by atoms with E-state index in [4.69, 9.17) is 9.68 Å². The van der Waals surface area contributed by atoms with Crippen molar-refractivity contribution in [2.75, 3.05) is 11.9 Å². The van der Waals surface area contributed by atoms with Crippen molar-refractivity contribution in [2.24, 2.45) is 0 Å². The van der Waals surface area contributed by atoms with Crippen LogP contribution in [0.2, 0.25) is 0 Å². The fraction of sp³-hybridized carbons (Fsp3) is 0.500. The molecule has 2 aliphatic rings. The van der Waals surface area contributed by atoms with Gasteiger partial charge < -0.3 is 15.5 Å². The topological polar surface area (TPSA) is 228 Å². The van der Waals surface area contributed by atoms with Crippen LogP contribution < -0.4 is 16.1 Å². The number of likely N-dealkylation sites (tertiary alicyclic amines) is 1. The van der Waals surface area contributed by atoms with Crippen LogP contribution in [0.15, 0.2) is 65.7 Å². The van der Waals surface area contributed by atoms with Gasteiger partial charge >= 0.3 is 5.97 Å². The molecule has 2 aromatic carbocycles. The van der Waals surface area contributed by atoms with Gasteiger partial charge in [0.05, 0.1) is 24.6 Å². The molecule has 3 aromatic rings. The Labute approximate surface area is 370 Å². The number of hydrogen-bond acceptors (Lipinski definition) is 13. The zero-order chi connectivity index (χ0) is 44.8. The Morgan fingerprint density at radius 3 is 2.05 bits per heavy atom. The lowest BCUT2D eigenvalue weighted by Gasteiger charge is -2.15. The van der Waals surface area contributed by atoms with Gasteiger partial charge in [0, 0.05) is 68.6 Å². The Morgan fingerprint density at radius 2 is 1.33 bits per heavy atom. The molecule has 18 nitrogen and oxygen atoms in total. The highest BCUT2D eigenvalue weighted by Crippen LogP contribution is 2.32. The normalized spacial score (nSPS) is 15.0. The van der Waals surface area contributed by atoms with Crippen LogP contribution in [-0.4, -0.2) is 84.1 Å². The third kappa shape index (κ3) is 17.0. The minimum atomic E-state index is -0.619. The highest BCUT2D eigenvalue weighted by Gasteiger charge is 2.38. The molecule has 0 bridgehead atoms. The van der Waals surface area contributed by atoms with Gasteiger partial charge in [-0.15, -0.1) is 21.9 Å². The zero-order valence-electron chi connectivity index (χ0n) is 35.4. The first-order valence-electron chi connectivity index (χ1n) is 21.6. The first-order valence-corrected chi connectivity index (χ1v) is 22.5. The number of carbonyl (C=O) groups is 8. The van der Waals surface area contributed by atoms with Crippen molar-refractivity contribution in [3.05, 3.63) is 72.1 Å². The first-order chi connectivity index (χ1) is 30.5. The van der Waals surface area contributed by atoms with Crippen LogP contribution in [0.5, 0.6) is 0 Å². The Hall–Kier alpha value is -5.95. The second-order valence-corrected chi connectivity index (χ2v) is 16.7. The molecular formula is C44H56N8O10S. The van der Waals surface area contributed by atoms with E-state index in [1.54, 1.807) is 10.9 Å². The molecule has 5 rings (SSSR count). The first kappa shape index (κ1) is 48.1. The van der Waals surface area contributed by atoms with Crippen LogP contribution in [0.1, 0.15) is 120 Å². The molecular weight excluding hydrogens is 833 g/mol. The summed E-state index contributed by atoms with van der Waals surface area (Å²) in [7, 11) is 0. The predicted octanol–water partition coefficient (Wildman–Crippen LogP) is 5.07. The molecule has 1 aromatic heterocycles. The Bertz CT molecular complexity index is 2010. The van der Waals surface area contributed by atoms with Gasteiger partial charge in [0.1, 0.15) is 5.69 Å². The Morgan fingerprint density at radius 1 is 0.698 bits per heavy atom. The van der Waals surface area contributed by atoms with E-state index < -0.39 is 23.0 Å². The van der Waals surface area contributed by atoms with Crippen LogP contribution in [0.25, 0.3) is 0 Å². The summed E-state index contributed by atoms with van der Waals surface area (Å²) in [6.07, 6.45) is 10.1. The number of hydroxylamine groups is 3. The molecule has 0 saturated carbocycles. The van der Waals surface area contributed by atoms with Crippen molar-refractivity contribution >= 4 is 64.8 Å². The summed E-state index contributed by atoms with van der Waals surface area (Å²) in [6, 6.07) is 16.8. The quantitative estimate of drug-likeness (QED) is 0.0492. The maximum absolute atomic E-state index is 13.1.